The Hall–Kier alpha value is -1.14. The molecule has 0 fully saturated rings. The van der Waals surface area contributed by atoms with E-state index in [1.54, 1.807) is 12.1 Å². The molecule has 1 aromatic rings. The van der Waals surface area contributed by atoms with Gasteiger partial charge in [-0.1, -0.05) is 20.3 Å². The van der Waals surface area contributed by atoms with Gasteiger partial charge in [-0.15, -0.1) is 0 Å². The number of nitrogens with one attached hydrogen (secondary N) is 2. The lowest BCUT2D eigenvalue weighted by molar-refractivity contribution is 0.543. The van der Waals surface area contributed by atoms with Gasteiger partial charge in [-0.3, -0.25) is 0 Å². The molecule has 2 N–H and O–H groups in total. The van der Waals surface area contributed by atoms with E-state index in [0.29, 0.717) is 5.82 Å². The van der Waals surface area contributed by atoms with Gasteiger partial charge in [0.15, 0.2) is 0 Å². The number of nitrogens with zero attached hydrogens (tertiary/aromatic N) is 1. The van der Waals surface area contributed by atoms with Gasteiger partial charge >= 0.3 is 0 Å². The number of hydrogen-bond donors (Lipinski definition) is 2. The predicted octanol–water partition coefficient (Wildman–Crippen LogP) is 2.37. The van der Waals surface area contributed by atoms with Crippen LogP contribution in [0.4, 0.5) is 5.82 Å². The summed E-state index contributed by atoms with van der Waals surface area (Å²) in [5, 5.41) is 3.11. The minimum atomic E-state index is -3.46. The van der Waals surface area contributed by atoms with Gasteiger partial charge in [-0.25, -0.2) is 18.1 Å². The lowest BCUT2D eigenvalue weighted by Crippen LogP contribution is -2.32. The standard InChI is InChI=1S/C13H23N3O2S/c1-4-6-11(3)16-19(17,18)12-7-8-13(15-10-12)14-9-5-2/h7-8,10-11,16H,4-6,9H2,1-3H3,(H,14,15). The second-order valence-corrected chi connectivity index (χ2v) is 6.33. The first kappa shape index (κ1) is 15.9. The SMILES string of the molecule is CCCNc1ccc(S(=O)(=O)NC(C)CCC)cn1. The first-order chi connectivity index (χ1) is 8.99. The highest BCUT2D eigenvalue weighted by Gasteiger charge is 2.17. The fraction of sp³-hybridized carbons (Fsp3) is 0.615. The summed E-state index contributed by atoms with van der Waals surface area (Å²) in [5.41, 5.74) is 0. The highest BCUT2D eigenvalue weighted by Crippen LogP contribution is 2.12. The third kappa shape index (κ3) is 5.16. The van der Waals surface area contributed by atoms with Crippen LogP contribution >= 0.6 is 0 Å². The van der Waals surface area contributed by atoms with Crippen molar-refractivity contribution in [2.75, 3.05) is 11.9 Å². The molecule has 19 heavy (non-hydrogen) atoms. The van der Waals surface area contributed by atoms with Crippen molar-refractivity contribution in [2.45, 2.75) is 51.0 Å². The van der Waals surface area contributed by atoms with E-state index in [-0.39, 0.29) is 10.9 Å². The summed E-state index contributed by atoms with van der Waals surface area (Å²) in [7, 11) is -3.46. The highest BCUT2D eigenvalue weighted by atomic mass is 32.2. The largest absolute Gasteiger partial charge is 0.370 e. The van der Waals surface area contributed by atoms with E-state index >= 15 is 0 Å². The van der Waals surface area contributed by atoms with Crippen molar-refractivity contribution in [3.63, 3.8) is 0 Å². The molecule has 6 heteroatoms. The van der Waals surface area contributed by atoms with Crippen LogP contribution in [0.15, 0.2) is 23.2 Å². The highest BCUT2D eigenvalue weighted by molar-refractivity contribution is 7.89. The maximum Gasteiger partial charge on any atom is 0.242 e. The zero-order valence-corrected chi connectivity index (χ0v) is 12.6. The van der Waals surface area contributed by atoms with Crippen molar-refractivity contribution >= 4 is 15.8 Å². The van der Waals surface area contributed by atoms with Crippen molar-refractivity contribution in [1.29, 1.82) is 0 Å². The van der Waals surface area contributed by atoms with Gasteiger partial charge in [0, 0.05) is 18.8 Å². The summed E-state index contributed by atoms with van der Waals surface area (Å²) in [4.78, 5) is 4.31. The predicted molar refractivity (Wildman–Crippen MR) is 77.7 cm³/mol. The van der Waals surface area contributed by atoms with Gasteiger partial charge < -0.3 is 5.32 Å². The molecule has 1 rings (SSSR count). The smallest absolute Gasteiger partial charge is 0.242 e. The lowest BCUT2D eigenvalue weighted by atomic mass is 10.2. The molecule has 1 aromatic heterocycles. The molecule has 0 aliphatic heterocycles. The van der Waals surface area contributed by atoms with E-state index in [1.165, 1.54) is 6.20 Å². The Morgan fingerprint density at radius 2 is 2.00 bits per heavy atom. The van der Waals surface area contributed by atoms with E-state index in [1.807, 2.05) is 13.8 Å². The summed E-state index contributed by atoms with van der Waals surface area (Å²) >= 11 is 0. The van der Waals surface area contributed by atoms with Crippen LogP contribution in [0, 0.1) is 0 Å². The number of hydrogen-bond acceptors (Lipinski definition) is 4. The molecule has 1 heterocycles. The fourth-order valence-corrected chi connectivity index (χ4v) is 2.94. The van der Waals surface area contributed by atoms with Crippen LogP contribution in [0.2, 0.25) is 0 Å². The topological polar surface area (TPSA) is 71.1 Å². The number of anilines is 1. The molecule has 0 aliphatic rings. The van der Waals surface area contributed by atoms with E-state index in [0.717, 1.165) is 25.8 Å². The maximum atomic E-state index is 12.1. The van der Waals surface area contributed by atoms with Crippen molar-refractivity contribution in [3.05, 3.63) is 18.3 Å². The summed E-state index contributed by atoms with van der Waals surface area (Å²) in [6.45, 7) is 6.78. The van der Waals surface area contributed by atoms with Crippen molar-refractivity contribution in [2.24, 2.45) is 0 Å². The molecule has 0 saturated heterocycles. The van der Waals surface area contributed by atoms with Crippen molar-refractivity contribution < 1.29 is 8.42 Å². The second-order valence-electron chi connectivity index (χ2n) is 4.62. The Labute approximate surface area is 115 Å². The molecule has 0 aromatic carbocycles. The first-order valence-electron chi connectivity index (χ1n) is 6.71. The summed E-state index contributed by atoms with van der Waals surface area (Å²) < 4.78 is 26.8. The molecule has 108 valence electrons. The minimum absolute atomic E-state index is 0.0621. The molecular weight excluding hydrogens is 262 g/mol. The molecule has 5 nitrogen and oxygen atoms in total. The van der Waals surface area contributed by atoms with Gasteiger partial charge in [0.2, 0.25) is 10.0 Å². The Kier molecular flexibility index (Phi) is 6.24. The number of sulfonamides is 1. The molecule has 0 bridgehead atoms. The van der Waals surface area contributed by atoms with Crippen molar-refractivity contribution in [3.8, 4) is 0 Å². The Morgan fingerprint density at radius 1 is 1.26 bits per heavy atom. The monoisotopic (exact) mass is 285 g/mol. The Balaban J connectivity index is 2.73. The summed E-state index contributed by atoms with van der Waals surface area (Å²) in [5.74, 6) is 0.697. The van der Waals surface area contributed by atoms with Gasteiger partial charge in [0.25, 0.3) is 0 Å². The normalized spacial score (nSPS) is 13.2. The Bertz CT molecular complexity index is 471. The molecular formula is C13H23N3O2S. The number of pyridine rings is 1. The first-order valence-corrected chi connectivity index (χ1v) is 8.20. The fourth-order valence-electron chi connectivity index (χ4n) is 1.72. The molecule has 1 unspecified atom stereocenters. The molecule has 0 spiro atoms. The van der Waals surface area contributed by atoms with E-state index < -0.39 is 10.0 Å². The lowest BCUT2D eigenvalue weighted by Gasteiger charge is -2.13. The van der Waals surface area contributed by atoms with Crippen LogP contribution in [-0.4, -0.2) is 26.0 Å². The van der Waals surface area contributed by atoms with Crippen LogP contribution in [0.3, 0.4) is 0 Å². The second kappa shape index (κ2) is 7.45. The molecule has 0 saturated carbocycles. The summed E-state index contributed by atoms with van der Waals surface area (Å²) in [6, 6.07) is 3.20. The van der Waals surface area contributed by atoms with E-state index in [4.69, 9.17) is 0 Å². The van der Waals surface area contributed by atoms with Gasteiger partial charge in [0.1, 0.15) is 10.7 Å². The molecule has 0 radical (unpaired) electrons. The number of rotatable bonds is 8. The van der Waals surface area contributed by atoms with E-state index in [9.17, 15) is 8.42 Å². The van der Waals surface area contributed by atoms with Crippen LogP contribution in [0.5, 0.6) is 0 Å². The van der Waals surface area contributed by atoms with Crippen LogP contribution in [-0.2, 0) is 10.0 Å². The van der Waals surface area contributed by atoms with E-state index in [2.05, 4.69) is 21.9 Å². The zero-order valence-electron chi connectivity index (χ0n) is 11.8. The summed E-state index contributed by atoms with van der Waals surface area (Å²) in [6.07, 6.45) is 4.15. The number of aromatic nitrogens is 1. The van der Waals surface area contributed by atoms with Gasteiger partial charge in [-0.2, -0.15) is 0 Å². The molecule has 0 aliphatic carbocycles. The average Bonchev–Trinajstić information content (AvgIpc) is 2.36. The quantitative estimate of drug-likeness (QED) is 0.769. The Morgan fingerprint density at radius 3 is 2.53 bits per heavy atom. The van der Waals surface area contributed by atoms with Gasteiger partial charge in [0.05, 0.1) is 0 Å². The molecule has 0 amide bonds. The molecule has 1 atom stereocenters. The van der Waals surface area contributed by atoms with Crippen LogP contribution in [0.1, 0.15) is 40.0 Å². The van der Waals surface area contributed by atoms with Crippen LogP contribution < -0.4 is 10.0 Å². The third-order valence-electron chi connectivity index (χ3n) is 2.68. The average molecular weight is 285 g/mol. The zero-order chi connectivity index (χ0) is 14.3. The third-order valence-corrected chi connectivity index (χ3v) is 4.26. The maximum absolute atomic E-state index is 12.1. The van der Waals surface area contributed by atoms with Crippen LogP contribution in [0.25, 0.3) is 0 Å². The van der Waals surface area contributed by atoms with Gasteiger partial charge in [-0.05, 0) is 31.9 Å². The van der Waals surface area contributed by atoms with Crippen molar-refractivity contribution in [1.82, 2.24) is 9.71 Å². The minimum Gasteiger partial charge on any atom is -0.370 e.